The molecule has 0 spiro atoms. The number of hydrogen-bond acceptors (Lipinski definition) is 4. The average molecular weight is 299 g/mol. The van der Waals surface area contributed by atoms with Crippen LogP contribution in [0.1, 0.15) is 29.6 Å². The van der Waals surface area contributed by atoms with Crippen LogP contribution in [-0.2, 0) is 4.74 Å². The summed E-state index contributed by atoms with van der Waals surface area (Å²) in [5, 5.41) is 13.6. The molecule has 0 saturated carbocycles. The Bertz CT molecular complexity index is 515. The highest BCUT2D eigenvalue weighted by molar-refractivity contribution is 6.33. The number of ether oxygens (including phenoxy) is 1. The Hall–Kier alpha value is -1.66. The van der Waals surface area contributed by atoms with Crippen LogP contribution in [0.5, 0.6) is 0 Å². The lowest BCUT2D eigenvalue weighted by molar-refractivity contribution is -0.384. The minimum atomic E-state index is -0.556. The van der Waals surface area contributed by atoms with Gasteiger partial charge in [0.05, 0.1) is 21.6 Å². The predicted molar refractivity (Wildman–Crippen MR) is 74.0 cm³/mol. The third-order valence-electron chi connectivity index (χ3n) is 3.18. The molecular weight excluding hydrogens is 284 g/mol. The highest BCUT2D eigenvalue weighted by Gasteiger charge is 2.18. The van der Waals surface area contributed by atoms with Gasteiger partial charge >= 0.3 is 0 Å². The SMILES string of the molecule is O=C(NCCC1CCCO1)c1cc([N+](=O)[O-])ccc1Cl. The number of benzene rings is 1. The molecule has 1 heterocycles. The first kappa shape index (κ1) is 14.7. The Morgan fingerprint density at radius 3 is 3.00 bits per heavy atom. The molecule has 1 saturated heterocycles. The number of amides is 1. The molecule has 1 N–H and O–H groups in total. The molecular formula is C13H15ClN2O4. The summed E-state index contributed by atoms with van der Waals surface area (Å²) in [6.45, 7) is 1.23. The van der Waals surface area contributed by atoms with Crippen molar-refractivity contribution in [3.8, 4) is 0 Å². The average Bonchev–Trinajstić information content (AvgIpc) is 2.92. The quantitative estimate of drug-likeness (QED) is 0.669. The number of carbonyl (C=O) groups excluding carboxylic acids is 1. The van der Waals surface area contributed by atoms with Crippen LogP contribution in [0, 0.1) is 10.1 Å². The molecule has 0 aromatic heterocycles. The molecule has 1 aliphatic rings. The van der Waals surface area contributed by atoms with E-state index in [0.717, 1.165) is 25.9 Å². The number of carbonyl (C=O) groups is 1. The van der Waals surface area contributed by atoms with E-state index in [2.05, 4.69) is 5.32 Å². The van der Waals surface area contributed by atoms with E-state index in [1.165, 1.54) is 18.2 Å². The van der Waals surface area contributed by atoms with Gasteiger partial charge in [0.15, 0.2) is 0 Å². The Morgan fingerprint density at radius 2 is 2.35 bits per heavy atom. The Kier molecular flexibility index (Phi) is 4.92. The number of nitrogens with one attached hydrogen (secondary N) is 1. The Labute approximate surface area is 121 Å². The van der Waals surface area contributed by atoms with Gasteiger partial charge in [0.2, 0.25) is 0 Å². The van der Waals surface area contributed by atoms with E-state index < -0.39 is 10.8 Å². The summed E-state index contributed by atoms with van der Waals surface area (Å²) in [6, 6.07) is 3.81. The summed E-state index contributed by atoms with van der Waals surface area (Å²) in [5.41, 5.74) is -0.0353. The molecule has 6 nitrogen and oxygen atoms in total. The zero-order valence-corrected chi connectivity index (χ0v) is 11.6. The van der Waals surface area contributed by atoms with Crippen LogP contribution in [-0.4, -0.2) is 30.1 Å². The number of rotatable bonds is 5. The second-order valence-electron chi connectivity index (χ2n) is 4.60. The van der Waals surface area contributed by atoms with Gasteiger partial charge in [0.25, 0.3) is 11.6 Å². The number of halogens is 1. The first-order chi connectivity index (χ1) is 9.58. The second kappa shape index (κ2) is 6.67. The van der Waals surface area contributed by atoms with Crippen LogP contribution in [0.3, 0.4) is 0 Å². The highest BCUT2D eigenvalue weighted by Crippen LogP contribution is 2.22. The summed E-state index contributed by atoms with van der Waals surface area (Å²) >= 11 is 5.89. The minimum Gasteiger partial charge on any atom is -0.378 e. The normalized spacial score (nSPS) is 17.9. The summed E-state index contributed by atoms with van der Waals surface area (Å²) in [7, 11) is 0. The summed E-state index contributed by atoms with van der Waals surface area (Å²) in [5.74, 6) is -0.406. The van der Waals surface area contributed by atoms with Crippen molar-refractivity contribution in [2.24, 2.45) is 0 Å². The fraction of sp³-hybridized carbons (Fsp3) is 0.462. The van der Waals surface area contributed by atoms with E-state index >= 15 is 0 Å². The number of hydrogen-bond donors (Lipinski definition) is 1. The van der Waals surface area contributed by atoms with Crippen molar-refractivity contribution in [3.63, 3.8) is 0 Å². The van der Waals surface area contributed by atoms with Crippen LogP contribution in [0.25, 0.3) is 0 Å². The Morgan fingerprint density at radius 1 is 1.55 bits per heavy atom. The maximum absolute atomic E-state index is 12.0. The fourth-order valence-corrected chi connectivity index (χ4v) is 2.32. The van der Waals surface area contributed by atoms with Crippen molar-refractivity contribution >= 4 is 23.2 Å². The summed E-state index contributed by atoms with van der Waals surface area (Å²) in [6.07, 6.45) is 2.98. The summed E-state index contributed by atoms with van der Waals surface area (Å²) < 4.78 is 5.45. The molecule has 1 amide bonds. The van der Waals surface area contributed by atoms with Crippen molar-refractivity contribution in [3.05, 3.63) is 38.9 Å². The largest absolute Gasteiger partial charge is 0.378 e. The van der Waals surface area contributed by atoms with Crippen molar-refractivity contribution < 1.29 is 14.5 Å². The van der Waals surface area contributed by atoms with Gasteiger partial charge in [-0.15, -0.1) is 0 Å². The molecule has 108 valence electrons. The lowest BCUT2D eigenvalue weighted by Crippen LogP contribution is -2.27. The van der Waals surface area contributed by atoms with E-state index in [1.54, 1.807) is 0 Å². The van der Waals surface area contributed by atoms with Gasteiger partial charge in [0, 0.05) is 25.3 Å². The predicted octanol–water partition coefficient (Wildman–Crippen LogP) is 2.55. The maximum atomic E-state index is 12.0. The van der Waals surface area contributed by atoms with Gasteiger partial charge in [0.1, 0.15) is 0 Å². The van der Waals surface area contributed by atoms with Gasteiger partial charge < -0.3 is 10.1 Å². The van der Waals surface area contributed by atoms with Gasteiger partial charge in [-0.3, -0.25) is 14.9 Å². The second-order valence-corrected chi connectivity index (χ2v) is 5.01. The third-order valence-corrected chi connectivity index (χ3v) is 3.51. The number of non-ortho nitro benzene ring substituents is 1. The molecule has 1 unspecified atom stereocenters. The molecule has 1 aromatic rings. The van der Waals surface area contributed by atoms with Crippen molar-refractivity contribution in [2.75, 3.05) is 13.2 Å². The van der Waals surface area contributed by atoms with Crippen LogP contribution >= 0.6 is 11.6 Å². The monoisotopic (exact) mass is 298 g/mol. The minimum absolute atomic E-state index is 0.119. The molecule has 1 atom stereocenters. The van der Waals surface area contributed by atoms with Gasteiger partial charge in [-0.1, -0.05) is 11.6 Å². The van der Waals surface area contributed by atoms with Crippen LogP contribution < -0.4 is 5.32 Å². The number of nitrogens with zero attached hydrogens (tertiary/aromatic N) is 1. The van der Waals surface area contributed by atoms with Crippen molar-refractivity contribution in [1.29, 1.82) is 0 Å². The first-order valence-corrected chi connectivity index (χ1v) is 6.79. The molecule has 7 heteroatoms. The molecule has 1 aliphatic heterocycles. The van der Waals surface area contributed by atoms with Crippen molar-refractivity contribution in [2.45, 2.75) is 25.4 Å². The highest BCUT2D eigenvalue weighted by atomic mass is 35.5. The molecule has 0 bridgehead atoms. The van der Waals surface area contributed by atoms with Crippen LogP contribution in [0.15, 0.2) is 18.2 Å². The van der Waals surface area contributed by atoms with Gasteiger partial charge in [-0.05, 0) is 25.3 Å². The molecule has 1 fully saturated rings. The lowest BCUT2D eigenvalue weighted by atomic mass is 10.1. The van der Waals surface area contributed by atoms with E-state index in [0.29, 0.717) is 6.54 Å². The van der Waals surface area contributed by atoms with Crippen LogP contribution in [0.4, 0.5) is 5.69 Å². The zero-order valence-electron chi connectivity index (χ0n) is 10.8. The fourth-order valence-electron chi connectivity index (χ4n) is 2.11. The summed E-state index contributed by atoms with van der Waals surface area (Å²) in [4.78, 5) is 22.1. The lowest BCUT2D eigenvalue weighted by Gasteiger charge is -2.10. The standard InChI is InChI=1S/C13H15ClN2O4/c14-12-4-3-9(16(18)19)8-11(12)13(17)15-6-5-10-2-1-7-20-10/h3-4,8,10H,1-2,5-7H2,(H,15,17). The van der Waals surface area contributed by atoms with E-state index in [1.807, 2.05) is 0 Å². The number of nitro groups is 1. The maximum Gasteiger partial charge on any atom is 0.270 e. The molecule has 20 heavy (non-hydrogen) atoms. The molecule has 0 radical (unpaired) electrons. The zero-order chi connectivity index (χ0) is 14.5. The van der Waals surface area contributed by atoms with Gasteiger partial charge in [-0.25, -0.2) is 0 Å². The van der Waals surface area contributed by atoms with Crippen LogP contribution in [0.2, 0.25) is 5.02 Å². The van der Waals surface area contributed by atoms with Crippen molar-refractivity contribution in [1.82, 2.24) is 5.32 Å². The molecule has 0 aliphatic carbocycles. The van der Waals surface area contributed by atoms with E-state index in [9.17, 15) is 14.9 Å². The number of nitro benzene ring substituents is 1. The first-order valence-electron chi connectivity index (χ1n) is 6.41. The topological polar surface area (TPSA) is 81.5 Å². The van der Waals surface area contributed by atoms with Gasteiger partial charge in [-0.2, -0.15) is 0 Å². The smallest absolute Gasteiger partial charge is 0.270 e. The van der Waals surface area contributed by atoms with E-state index in [4.69, 9.17) is 16.3 Å². The molecule has 1 aromatic carbocycles. The molecule has 2 rings (SSSR count). The Balaban J connectivity index is 1.94. The van der Waals surface area contributed by atoms with E-state index in [-0.39, 0.29) is 22.4 Å². The third kappa shape index (κ3) is 3.68.